The quantitative estimate of drug-likeness (QED) is 0.781. The maximum Gasteiger partial charge on any atom is 0.224 e. The van der Waals surface area contributed by atoms with E-state index in [4.69, 9.17) is 5.73 Å². The maximum absolute atomic E-state index is 12.1. The molecule has 0 spiro atoms. The van der Waals surface area contributed by atoms with Crippen LogP contribution < -0.4 is 5.73 Å². The number of nitrogens with zero attached hydrogens (tertiary/aromatic N) is 1. The third kappa shape index (κ3) is 2.76. The summed E-state index contributed by atoms with van der Waals surface area (Å²) in [7, 11) is 0. The molecule has 1 heterocycles. The Balaban J connectivity index is 1.78. The summed E-state index contributed by atoms with van der Waals surface area (Å²) in [5.41, 5.74) is 5.91. The molecular weight excluding hydrogens is 200 g/mol. The number of rotatable bonds is 2. The van der Waals surface area contributed by atoms with Crippen molar-refractivity contribution in [3.8, 4) is 0 Å². The SMILES string of the molecule is CC1CCC(CC(=O)N2CCCC2N)CC1. The largest absolute Gasteiger partial charge is 0.327 e. The molecule has 0 aromatic heterocycles. The number of carbonyl (C=O) groups excluding carboxylic acids is 1. The summed E-state index contributed by atoms with van der Waals surface area (Å²) >= 11 is 0. The van der Waals surface area contributed by atoms with E-state index in [1.165, 1.54) is 25.7 Å². The Labute approximate surface area is 98.4 Å². The van der Waals surface area contributed by atoms with Crippen LogP contribution in [0.15, 0.2) is 0 Å². The van der Waals surface area contributed by atoms with Crippen molar-refractivity contribution < 1.29 is 4.79 Å². The van der Waals surface area contributed by atoms with E-state index in [0.717, 1.165) is 31.7 Å². The minimum Gasteiger partial charge on any atom is -0.327 e. The first-order valence-corrected chi connectivity index (χ1v) is 6.72. The lowest BCUT2D eigenvalue weighted by Gasteiger charge is -2.28. The van der Waals surface area contributed by atoms with E-state index in [9.17, 15) is 4.79 Å². The van der Waals surface area contributed by atoms with Crippen molar-refractivity contribution in [1.29, 1.82) is 0 Å². The summed E-state index contributed by atoms with van der Waals surface area (Å²) in [6, 6.07) is 0. The predicted molar refractivity (Wildman–Crippen MR) is 64.7 cm³/mol. The van der Waals surface area contributed by atoms with Gasteiger partial charge in [0.05, 0.1) is 6.17 Å². The highest BCUT2D eigenvalue weighted by atomic mass is 16.2. The highest BCUT2D eigenvalue weighted by Crippen LogP contribution is 2.31. The molecule has 1 aliphatic heterocycles. The number of hydrogen-bond acceptors (Lipinski definition) is 2. The molecule has 1 saturated carbocycles. The third-order valence-electron chi connectivity index (χ3n) is 4.22. The van der Waals surface area contributed by atoms with Crippen molar-refractivity contribution in [2.45, 2.75) is 58.0 Å². The van der Waals surface area contributed by atoms with Crippen molar-refractivity contribution in [2.24, 2.45) is 17.6 Å². The molecule has 2 rings (SSSR count). The van der Waals surface area contributed by atoms with Gasteiger partial charge >= 0.3 is 0 Å². The highest BCUT2D eigenvalue weighted by Gasteiger charge is 2.28. The number of likely N-dealkylation sites (tertiary alicyclic amines) is 1. The Morgan fingerprint density at radius 3 is 2.50 bits per heavy atom. The number of nitrogens with two attached hydrogens (primary N) is 1. The summed E-state index contributed by atoms with van der Waals surface area (Å²) in [6.45, 7) is 3.19. The van der Waals surface area contributed by atoms with Crippen LogP contribution in [0.2, 0.25) is 0 Å². The molecule has 1 saturated heterocycles. The van der Waals surface area contributed by atoms with Crippen LogP contribution in [0.1, 0.15) is 51.9 Å². The van der Waals surface area contributed by atoms with E-state index < -0.39 is 0 Å². The molecule has 1 aliphatic carbocycles. The number of hydrogen-bond donors (Lipinski definition) is 1. The summed E-state index contributed by atoms with van der Waals surface area (Å²) in [4.78, 5) is 13.9. The van der Waals surface area contributed by atoms with E-state index in [-0.39, 0.29) is 6.17 Å². The Bertz CT molecular complexity index is 246. The van der Waals surface area contributed by atoms with Gasteiger partial charge in [-0.2, -0.15) is 0 Å². The van der Waals surface area contributed by atoms with Gasteiger partial charge in [-0.25, -0.2) is 0 Å². The lowest BCUT2D eigenvalue weighted by molar-refractivity contribution is -0.133. The fourth-order valence-corrected chi connectivity index (χ4v) is 3.00. The summed E-state index contributed by atoms with van der Waals surface area (Å²) in [5.74, 6) is 1.78. The van der Waals surface area contributed by atoms with Crippen molar-refractivity contribution in [2.75, 3.05) is 6.54 Å². The molecule has 92 valence electrons. The first-order valence-electron chi connectivity index (χ1n) is 6.72. The maximum atomic E-state index is 12.1. The van der Waals surface area contributed by atoms with Crippen LogP contribution in [0.25, 0.3) is 0 Å². The van der Waals surface area contributed by atoms with E-state index >= 15 is 0 Å². The van der Waals surface area contributed by atoms with Crippen LogP contribution in [0.4, 0.5) is 0 Å². The zero-order valence-corrected chi connectivity index (χ0v) is 10.3. The molecular formula is C13H24N2O. The van der Waals surface area contributed by atoms with Crippen LogP contribution in [0.3, 0.4) is 0 Å². The van der Waals surface area contributed by atoms with Crippen LogP contribution in [0.5, 0.6) is 0 Å². The second-order valence-corrected chi connectivity index (χ2v) is 5.63. The molecule has 2 aliphatic rings. The lowest BCUT2D eigenvalue weighted by Crippen LogP contribution is -2.41. The monoisotopic (exact) mass is 224 g/mol. The smallest absolute Gasteiger partial charge is 0.224 e. The van der Waals surface area contributed by atoms with E-state index in [2.05, 4.69) is 6.92 Å². The molecule has 0 bridgehead atoms. The number of amides is 1. The molecule has 1 atom stereocenters. The summed E-state index contributed by atoms with van der Waals surface area (Å²) < 4.78 is 0. The number of carbonyl (C=O) groups is 1. The van der Waals surface area contributed by atoms with Gasteiger partial charge in [0.25, 0.3) is 0 Å². The van der Waals surface area contributed by atoms with Crippen molar-refractivity contribution in [3.05, 3.63) is 0 Å². The van der Waals surface area contributed by atoms with Gasteiger partial charge in [-0.15, -0.1) is 0 Å². The average molecular weight is 224 g/mol. The average Bonchev–Trinajstić information content (AvgIpc) is 2.68. The third-order valence-corrected chi connectivity index (χ3v) is 4.22. The minimum atomic E-state index is -0.00462. The fraction of sp³-hybridized carbons (Fsp3) is 0.923. The van der Waals surface area contributed by atoms with Crippen molar-refractivity contribution in [1.82, 2.24) is 4.90 Å². The Hall–Kier alpha value is -0.570. The zero-order valence-electron chi connectivity index (χ0n) is 10.3. The highest BCUT2D eigenvalue weighted by molar-refractivity contribution is 5.77. The van der Waals surface area contributed by atoms with Crippen molar-refractivity contribution >= 4 is 5.91 Å². The predicted octanol–water partition coefficient (Wildman–Crippen LogP) is 2.11. The van der Waals surface area contributed by atoms with Gasteiger partial charge in [-0.3, -0.25) is 4.79 Å². The summed E-state index contributed by atoms with van der Waals surface area (Å²) in [6.07, 6.45) is 7.85. The summed E-state index contributed by atoms with van der Waals surface area (Å²) in [5, 5.41) is 0. The second kappa shape index (κ2) is 5.17. The molecule has 2 N–H and O–H groups in total. The topological polar surface area (TPSA) is 46.3 Å². The Kier molecular flexibility index (Phi) is 3.85. The van der Waals surface area contributed by atoms with Crippen LogP contribution in [-0.4, -0.2) is 23.5 Å². The van der Waals surface area contributed by atoms with E-state index in [1.54, 1.807) is 0 Å². The zero-order chi connectivity index (χ0) is 11.5. The van der Waals surface area contributed by atoms with Crippen LogP contribution in [0, 0.1) is 11.8 Å². The van der Waals surface area contributed by atoms with Gasteiger partial charge in [0, 0.05) is 13.0 Å². The van der Waals surface area contributed by atoms with E-state index in [0.29, 0.717) is 11.8 Å². The fourth-order valence-electron chi connectivity index (χ4n) is 3.00. The molecule has 1 unspecified atom stereocenters. The molecule has 3 heteroatoms. The molecule has 0 aromatic rings. The standard InChI is InChI=1S/C13H24N2O/c1-10-4-6-11(7-5-10)9-13(16)15-8-2-3-12(15)14/h10-12H,2-9,14H2,1H3. The molecule has 3 nitrogen and oxygen atoms in total. The van der Waals surface area contributed by atoms with Crippen LogP contribution >= 0.6 is 0 Å². The molecule has 0 aromatic carbocycles. The van der Waals surface area contributed by atoms with Gasteiger partial charge in [0.15, 0.2) is 0 Å². The minimum absolute atomic E-state index is 0.00462. The lowest BCUT2D eigenvalue weighted by atomic mass is 9.81. The second-order valence-electron chi connectivity index (χ2n) is 5.63. The first-order chi connectivity index (χ1) is 7.66. The van der Waals surface area contributed by atoms with Gasteiger partial charge in [0.2, 0.25) is 5.91 Å². The van der Waals surface area contributed by atoms with Crippen molar-refractivity contribution in [3.63, 3.8) is 0 Å². The van der Waals surface area contributed by atoms with E-state index in [1.807, 2.05) is 4.90 Å². The van der Waals surface area contributed by atoms with Gasteiger partial charge in [-0.05, 0) is 37.5 Å². The van der Waals surface area contributed by atoms with Gasteiger partial charge in [-0.1, -0.05) is 19.8 Å². The Morgan fingerprint density at radius 1 is 1.25 bits per heavy atom. The molecule has 16 heavy (non-hydrogen) atoms. The molecule has 1 amide bonds. The molecule has 2 fully saturated rings. The van der Waals surface area contributed by atoms with Gasteiger partial charge in [0.1, 0.15) is 0 Å². The molecule has 0 radical (unpaired) electrons. The first kappa shape index (κ1) is 11.9. The Morgan fingerprint density at radius 2 is 1.94 bits per heavy atom. The van der Waals surface area contributed by atoms with Crippen LogP contribution in [-0.2, 0) is 4.79 Å². The van der Waals surface area contributed by atoms with Gasteiger partial charge < -0.3 is 10.6 Å². The normalized spacial score (nSPS) is 35.4.